The first-order valence-electron chi connectivity index (χ1n) is 0.759. The van der Waals surface area contributed by atoms with Crippen LogP contribution in [0.1, 0.15) is 0 Å². The van der Waals surface area contributed by atoms with Crippen molar-refractivity contribution in [3.05, 3.63) is 0 Å². The maximum atomic E-state index is 4.61. The van der Waals surface area contributed by atoms with E-state index in [0.29, 0.717) is 0 Å². The van der Waals surface area contributed by atoms with Crippen molar-refractivity contribution >= 4 is 24.5 Å². The fourth-order valence-electron chi connectivity index (χ4n) is 0. The molecule has 0 aliphatic rings. The van der Waals surface area contributed by atoms with Gasteiger partial charge in [-0.05, 0) is 0 Å². The smallest absolute Gasteiger partial charge is 0.111 e. The number of hydrogen-bond acceptors (Lipinski definition) is 2. The lowest BCUT2D eigenvalue weighted by atomic mass is 11.7. The van der Waals surface area contributed by atoms with Gasteiger partial charge in [0.05, 0.1) is 11.9 Å². The van der Waals surface area contributed by atoms with E-state index in [0.717, 1.165) is 0 Å². The van der Waals surface area contributed by atoms with Gasteiger partial charge in [-0.1, -0.05) is 0 Å². The highest BCUT2D eigenvalue weighted by atomic mass is 35.5. The first-order chi connectivity index (χ1) is 1.91. The van der Waals surface area contributed by atoms with E-state index in [4.69, 9.17) is 0 Å². The maximum absolute atomic E-state index is 4.61. The van der Waals surface area contributed by atoms with Gasteiger partial charge >= 0.3 is 0 Å². The molecular formula is CH3ClOS. The molecular weight excluding hydrogens is 95.5 g/mol. The second kappa shape index (κ2) is 3.60. The van der Waals surface area contributed by atoms with Crippen molar-refractivity contribution in [1.29, 1.82) is 0 Å². The van der Waals surface area contributed by atoms with Gasteiger partial charge in [-0.15, -0.1) is 12.6 Å². The van der Waals surface area contributed by atoms with E-state index in [2.05, 4.69) is 28.8 Å². The first-order valence-corrected chi connectivity index (χ1v) is 1.70. The SMILES string of the molecule is SCOCl. The number of halogens is 1. The van der Waals surface area contributed by atoms with Crippen molar-refractivity contribution < 1.29 is 4.29 Å². The molecule has 4 heavy (non-hydrogen) atoms. The summed E-state index contributed by atoms with van der Waals surface area (Å²) in [6.07, 6.45) is 0. The van der Waals surface area contributed by atoms with Crippen molar-refractivity contribution in [3.63, 3.8) is 0 Å². The van der Waals surface area contributed by atoms with Gasteiger partial charge in [-0.3, -0.25) is 4.29 Å². The van der Waals surface area contributed by atoms with E-state index in [-0.39, 0.29) is 5.94 Å². The highest BCUT2D eigenvalue weighted by molar-refractivity contribution is 7.80. The normalized spacial score (nSPS) is 7.50. The second-order valence-corrected chi connectivity index (χ2v) is 0.715. The minimum Gasteiger partial charge on any atom is -0.269 e. The molecule has 0 radical (unpaired) electrons. The highest BCUT2D eigenvalue weighted by Crippen LogP contribution is 1.77. The van der Waals surface area contributed by atoms with Crippen molar-refractivity contribution in [1.82, 2.24) is 0 Å². The van der Waals surface area contributed by atoms with Crippen LogP contribution in [0, 0.1) is 0 Å². The van der Waals surface area contributed by atoms with Crippen molar-refractivity contribution in [2.75, 3.05) is 5.94 Å². The monoisotopic (exact) mass is 98.0 g/mol. The van der Waals surface area contributed by atoms with E-state index in [1.165, 1.54) is 0 Å². The highest BCUT2D eigenvalue weighted by Gasteiger charge is 1.56. The Bertz CT molecular complexity index is 10.0. The molecule has 3 heteroatoms. The van der Waals surface area contributed by atoms with Gasteiger partial charge in [0.25, 0.3) is 0 Å². The van der Waals surface area contributed by atoms with Gasteiger partial charge < -0.3 is 0 Å². The molecule has 0 aromatic carbocycles. The zero-order valence-corrected chi connectivity index (χ0v) is 3.59. The molecule has 0 unspecified atom stereocenters. The molecule has 0 spiro atoms. The number of rotatable bonds is 1. The number of hydrogen-bond donors (Lipinski definition) is 1. The quantitative estimate of drug-likeness (QED) is 0.381. The summed E-state index contributed by atoms with van der Waals surface area (Å²) in [4.78, 5) is 0. The topological polar surface area (TPSA) is 9.23 Å². The molecule has 26 valence electrons. The largest absolute Gasteiger partial charge is 0.269 e. The van der Waals surface area contributed by atoms with Crippen molar-refractivity contribution in [2.24, 2.45) is 0 Å². The lowest BCUT2D eigenvalue weighted by Crippen LogP contribution is -1.58. The molecule has 0 bridgehead atoms. The van der Waals surface area contributed by atoms with E-state index < -0.39 is 0 Å². The van der Waals surface area contributed by atoms with E-state index in [1.54, 1.807) is 0 Å². The molecule has 0 atom stereocenters. The predicted molar refractivity (Wildman–Crippen MR) is 20.8 cm³/mol. The van der Waals surface area contributed by atoms with Gasteiger partial charge in [0.1, 0.15) is 5.94 Å². The van der Waals surface area contributed by atoms with Crippen LogP contribution in [-0.4, -0.2) is 5.94 Å². The minimum absolute atomic E-state index is 0.279. The summed E-state index contributed by atoms with van der Waals surface area (Å²) in [7, 11) is 0. The van der Waals surface area contributed by atoms with E-state index in [9.17, 15) is 0 Å². The molecule has 0 aromatic heterocycles. The molecule has 0 heterocycles. The van der Waals surface area contributed by atoms with Gasteiger partial charge in [0, 0.05) is 0 Å². The van der Waals surface area contributed by atoms with Crippen LogP contribution in [0.3, 0.4) is 0 Å². The van der Waals surface area contributed by atoms with Crippen LogP contribution in [0.25, 0.3) is 0 Å². The lowest BCUT2D eigenvalue weighted by Gasteiger charge is -1.70. The third-order valence-electron chi connectivity index (χ3n) is 0.0488. The predicted octanol–water partition coefficient (Wildman–Crippen LogP) is 1.04. The summed E-state index contributed by atoms with van der Waals surface area (Å²) in [6.45, 7) is 0. The summed E-state index contributed by atoms with van der Waals surface area (Å²) >= 11 is 8.18. The maximum Gasteiger partial charge on any atom is 0.111 e. The molecule has 0 saturated heterocycles. The van der Waals surface area contributed by atoms with Gasteiger partial charge in [0.2, 0.25) is 0 Å². The third kappa shape index (κ3) is 2.60. The van der Waals surface area contributed by atoms with Crippen molar-refractivity contribution in [3.8, 4) is 0 Å². The van der Waals surface area contributed by atoms with Crippen LogP contribution in [0.15, 0.2) is 0 Å². The molecule has 0 amide bonds. The average Bonchev–Trinajstić information content (AvgIpc) is 1.37. The molecule has 0 N–H and O–H groups in total. The second-order valence-electron chi connectivity index (χ2n) is 0.238. The molecule has 1 nitrogen and oxygen atoms in total. The Hall–Kier alpha value is 0.600. The number of thiol groups is 1. The van der Waals surface area contributed by atoms with Crippen LogP contribution in [0.5, 0.6) is 0 Å². The Morgan fingerprint density at radius 1 is 2.00 bits per heavy atom. The summed E-state index contributed by atoms with van der Waals surface area (Å²) in [5.74, 6) is 0.279. The summed E-state index contributed by atoms with van der Waals surface area (Å²) in [5, 5.41) is 0. The van der Waals surface area contributed by atoms with E-state index in [1.807, 2.05) is 0 Å². The average molecular weight is 98.6 g/mol. The van der Waals surface area contributed by atoms with Crippen LogP contribution in [0.4, 0.5) is 0 Å². The minimum atomic E-state index is 0.279. The van der Waals surface area contributed by atoms with Crippen molar-refractivity contribution in [2.45, 2.75) is 0 Å². The lowest BCUT2D eigenvalue weighted by molar-refractivity contribution is 0.440. The Labute approximate surface area is 35.5 Å². The zero-order chi connectivity index (χ0) is 3.41. The zero-order valence-electron chi connectivity index (χ0n) is 1.94. The molecule has 0 saturated carbocycles. The van der Waals surface area contributed by atoms with Crippen LogP contribution < -0.4 is 0 Å². The Morgan fingerprint density at radius 2 is 2.25 bits per heavy atom. The molecule has 0 aromatic rings. The van der Waals surface area contributed by atoms with Crippen LogP contribution >= 0.6 is 24.5 Å². The Kier molecular flexibility index (Phi) is 4.14. The standard InChI is InChI=1S/CH3ClOS/c2-3-1-4/h4H,1H2. The summed E-state index contributed by atoms with van der Waals surface area (Å²) in [5.41, 5.74) is 0. The Balaban J connectivity index is 1.97. The Morgan fingerprint density at radius 3 is 2.25 bits per heavy atom. The van der Waals surface area contributed by atoms with Crippen LogP contribution in [-0.2, 0) is 4.29 Å². The fraction of sp³-hybridized carbons (Fsp3) is 1.00. The first kappa shape index (κ1) is 4.60. The summed E-state index contributed by atoms with van der Waals surface area (Å²) in [6, 6.07) is 0. The molecule has 0 rings (SSSR count). The molecule has 0 fully saturated rings. The van der Waals surface area contributed by atoms with Gasteiger partial charge in [-0.2, -0.15) is 0 Å². The third-order valence-corrected chi connectivity index (χ3v) is 0.439. The van der Waals surface area contributed by atoms with Gasteiger partial charge in [-0.25, -0.2) is 0 Å². The van der Waals surface area contributed by atoms with E-state index >= 15 is 0 Å². The molecule has 0 aliphatic carbocycles. The van der Waals surface area contributed by atoms with Crippen LogP contribution in [0.2, 0.25) is 0 Å². The fourth-order valence-corrected chi connectivity index (χ4v) is 0. The molecule has 0 aliphatic heterocycles. The summed E-state index contributed by atoms with van der Waals surface area (Å²) < 4.78 is 3.88. The van der Waals surface area contributed by atoms with Gasteiger partial charge in [0.15, 0.2) is 0 Å².